The lowest BCUT2D eigenvalue weighted by molar-refractivity contribution is -0.141. The molecule has 0 aliphatic carbocycles. The Bertz CT molecular complexity index is 648. The molecule has 7 nitrogen and oxygen atoms in total. The molecule has 1 aromatic rings. The first-order valence-electron chi connectivity index (χ1n) is 6.78. The Hall–Kier alpha value is -2.04. The van der Waals surface area contributed by atoms with Crippen LogP contribution in [-0.2, 0) is 15.7 Å². The third-order valence-electron chi connectivity index (χ3n) is 2.73. The zero-order valence-corrected chi connectivity index (χ0v) is 13.9. The highest BCUT2D eigenvalue weighted by atomic mass is 32.2. The Labute approximate surface area is 140 Å². The number of carbonyl (C=O) groups excluding carboxylic acids is 2. The van der Waals surface area contributed by atoms with Gasteiger partial charge in [-0.1, -0.05) is 11.8 Å². The van der Waals surface area contributed by atoms with Crippen molar-refractivity contribution in [1.29, 1.82) is 0 Å². The van der Waals surface area contributed by atoms with Gasteiger partial charge in [0.1, 0.15) is 17.8 Å². The molecule has 1 aromatic heterocycles. The van der Waals surface area contributed by atoms with Crippen LogP contribution >= 0.6 is 11.8 Å². The Balaban J connectivity index is 2.08. The molecule has 1 fully saturated rings. The third kappa shape index (κ3) is 4.49. The van der Waals surface area contributed by atoms with E-state index in [1.54, 1.807) is 20.8 Å². The van der Waals surface area contributed by atoms with Crippen molar-refractivity contribution >= 4 is 29.6 Å². The third-order valence-corrected chi connectivity index (χ3v) is 3.74. The number of thioether (sulfide) groups is 1. The Morgan fingerprint density at radius 2 is 2.04 bits per heavy atom. The van der Waals surface area contributed by atoms with Crippen LogP contribution in [0.1, 0.15) is 26.5 Å². The molecule has 11 heteroatoms. The average molecular weight is 364 g/mol. The van der Waals surface area contributed by atoms with E-state index in [0.717, 1.165) is 23.0 Å². The summed E-state index contributed by atoms with van der Waals surface area (Å²) < 4.78 is 43.0. The molecule has 1 N–H and O–H groups in total. The molecule has 2 amide bonds. The van der Waals surface area contributed by atoms with Gasteiger partial charge in [0.25, 0.3) is 5.91 Å². The molecule has 1 aliphatic heterocycles. The minimum absolute atomic E-state index is 0.0145. The molecule has 2 heterocycles. The molecule has 0 radical (unpaired) electrons. The molecular formula is C13H15F3N4O3S. The first kappa shape index (κ1) is 18.3. The van der Waals surface area contributed by atoms with Crippen LogP contribution in [0, 0.1) is 0 Å². The molecule has 1 aliphatic rings. The first-order chi connectivity index (χ1) is 11.0. The summed E-state index contributed by atoms with van der Waals surface area (Å²) >= 11 is 0.973. The predicted octanol–water partition coefficient (Wildman–Crippen LogP) is 2.38. The van der Waals surface area contributed by atoms with Gasteiger partial charge in [0, 0.05) is 11.6 Å². The number of nitrogens with zero attached hydrogens (tertiary/aromatic N) is 3. The fourth-order valence-electron chi connectivity index (χ4n) is 1.75. The summed E-state index contributed by atoms with van der Waals surface area (Å²) in [7, 11) is 0. The molecule has 1 saturated heterocycles. The Morgan fingerprint density at radius 3 is 2.62 bits per heavy atom. The summed E-state index contributed by atoms with van der Waals surface area (Å²) in [5.41, 5.74) is -2.84. The van der Waals surface area contributed by atoms with Crippen LogP contribution in [0.15, 0.2) is 12.4 Å². The number of hydrogen-bond acceptors (Lipinski definition) is 6. The van der Waals surface area contributed by atoms with Gasteiger partial charge in [0.2, 0.25) is 5.44 Å². The number of nitrogens with one attached hydrogen (secondary N) is 1. The topological polar surface area (TPSA) is 84.4 Å². The second kappa shape index (κ2) is 6.46. The summed E-state index contributed by atoms with van der Waals surface area (Å²) in [6.07, 6.45) is -4.69. The maximum Gasteiger partial charge on any atom is 0.433 e. The van der Waals surface area contributed by atoms with E-state index >= 15 is 0 Å². The van der Waals surface area contributed by atoms with Crippen molar-refractivity contribution in [3.63, 3.8) is 0 Å². The van der Waals surface area contributed by atoms with Gasteiger partial charge in [-0.3, -0.25) is 9.69 Å². The molecular weight excluding hydrogens is 349 g/mol. The maximum atomic E-state index is 12.7. The molecule has 1 atom stereocenters. The van der Waals surface area contributed by atoms with Gasteiger partial charge in [-0.05, 0) is 20.8 Å². The summed E-state index contributed by atoms with van der Waals surface area (Å²) in [6, 6.07) is 0.677. The Morgan fingerprint density at radius 1 is 1.38 bits per heavy atom. The number of ether oxygens (including phenoxy) is 1. The molecule has 0 spiro atoms. The minimum Gasteiger partial charge on any atom is -0.425 e. The lowest BCUT2D eigenvalue weighted by atomic mass is 10.1. The number of aromatic nitrogens is 2. The van der Waals surface area contributed by atoms with E-state index in [-0.39, 0.29) is 11.7 Å². The molecule has 0 saturated carbocycles. The van der Waals surface area contributed by atoms with Crippen LogP contribution in [0.4, 0.5) is 23.8 Å². The quantitative estimate of drug-likeness (QED) is 0.867. The average Bonchev–Trinajstić information content (AvgIpc) is 2.77. The molecule has 132 valence electrons. The number of alkyl halides is 3. The molecule has 0 bridgehead atoms. The zero-order valence-electron chi connectivity index (χ0n) is 13.0. The lowest BCUT2D eigenvalue weighted by Crippen LogP contribution is -2.43. The highest BCUT2D eigenvalue weighted by Crippen LogP contribution is 2.32. The predicted molar refractivity (Wildman–Crippen MR) is 80.1 cm³/mol. The highest BCUT2D eigenvalue weighted by molar-refractivity contribution is 8.01. The second-order valence-electron chi connectivity index (χ2n) is 5.93. The summed E-state index contributed by atoms with van der Waals surface area (Å²) in [5.74, 6) is -0.839. The van der Waals surface area contributed by atoms with Crippen molar-refractivity contribution in [3.05, 3.63) is 18.1 Å². The van der Waals surface area contributed by atoms with E-state index in [4.69, 9.17) is 4.74 Å². The van der Waals surface area contributed by atoms with E-state index in [2.05, 4.69) is 15.3 Å². The number of amides is 2. The number of hydrogen-bond donors (Lipinski definition) is 1. The SMILES string of the molecule is CC(C)(C)NC(=O)OC1SCN(c2cc(C(F)(F)F)ncn2)C1=O. The zero-order chi connectivity index (χ0) is 18.1. The smallest absolute Gasteiger partial charge is 0.425 e. The summed E-state index contributed by atoms with van der Waals surface area (Å²) in [4.78, 5) is 31.8. The standard InChI is InChI=1S/C13H15F3N4O3S/c1-12(2,3)19-11(22)23-10-9(21)20(6-24-10)8-4-7(13(14,15)16)17-5-18-8/h4-5,10H,6H2,1-3H3,(H,19,22). The van der Waals surface area contributed by atoms with Crippen molar-refractivity contribution in [1.82, 2.24) is 15.3 Å². The summed E-state index contributed by atoms with van der Waals surface area (Å²) in [6.45, 7) is 5.22. The van der Waals surface area contributed by atoms with E-state index in [1.165, 1.54) is 0 Å². The van der Waals surface area contributed by atoms with Crippen molar-refractivity contribution in [2.24, 2.45) is 0 Å². The lowest BCUT2D eigenvalue weighted by Gasteiger charge is -2.21. The van der Waals surface area contributed by atoms with Crippen LogP contribution < -0.4 is 10.2 Å². The van der Waals surface area contributed by atoms with Gasteiger partial charge >= 0.3 is 12.3 Å². The number of anilines is 1. The fourth-order valence-corrected chi connectivity index (χ4v) is 2.72. The van der Waals surface area contributed by atoms with Gasteiger partial charge in [-0.25, -0.2) is 14.8 Å². The van der Waals surface area contributed by atoms with Crippen LogP contribution in [0.25, 0.3) is 0 Å². The fraction of sp³-hybridized carbons (Fsp3) is 0.538. The monoisotopic (exact) mass is 364 g/mol. The van der Waals surface area contributed by atoms with Gasteiger partial charge in [0.15, 0.2) is 0 Å². The number of halogens is 3. The molecule has 24 heavy (non-hydrogen) atoms. The van der Waals surface area contributed by atoms with Gasteiger partial charge in [0.05, 0.1) is 5.88 Å². The van der Waals surface area contributed by atoms with E-state index in [1.807, 2.05) is 0 Å². The normalized spacial score (nSPS) is 18.7. The number of alkyl carbamates (subject to hydrolysis) is 1. The molecule has 1 unspecified atom stereocenters. The van der Waals surface area contributed by atoms with Crippen LogP contribution in [0.5, 0.6) is 0 Å². The molecule has 2 rings (SSSR count). The van der Waals surface area contributed by atoms with Crippen molar-refractivity contribution in [2.75, 3.05) is 10.8 Å². The van der Waals surface area contributed by atoms with Crippen LogP contribution in [0.2, 0.25) is 0 Å². The van der Waals surface area contributed by atoms with Crippen LogP contribution in [0.3, 0.4) is 0 Å². The van der Waals surface area contributed by atoms with Crippen molar-refractivity contribution in [3.8, 4) is 0 Å². The van der Waals surface area contributed by atoms with Gasteiger partial charge in [-0.15, -0.1) is 0 Å². The van der Waals surface area contributed by atoms with Crippen molar-refractivity contribution < 1.29 is 27.5 Å². The largest absolute Gasteiger partial charge is 0.433 e. The van der Waals surface area contributed by atoms with Gasteiger partial charge < -0.3 is 10.1 Å². The second-order valence-corrected chi connectivity index (χ2v) is 6.95. The van der Waals surface area contributed by atoms with Gasteiger partial charge in [-0.2, -0.15) is 13.2 Å². The number of carbonyl (C=O) groups is 2. The van der Waals surface area contributed by atoms with Crippen LogP contribution in [-0.4, -0.2) is 38.8 Å². The first-order valence-corrected chi connectivity index (χ1v) is 7.83. The molecule has 0 aromatic carbocycles. The van der Waals surface area contributed by atoms with E-state index in [0.29, 0.717) is 6.07 Å². The number of rotatable bonds is 2. The minimum atomic E-state index is -4.64. The van der Waals surface area contributed by atoms with Crippen molar-refractivity contribution in [2.45, 2.75) is 37.9 Å². The maximum absolute atomic E-state index is 12.7. The highest BCUT2D eigenvalue weighted by Gasteiger charge is 2.39. The Kier molecular flexibility index (Phi) is 4.92. The summed E-state index contributed by atoms with van der Waals surface area (Å²) in [5, 5.41) is 2.53. The van der Waals surface area contributed by atoms with E-state index < -0.39 is 34.8 Å². The van der Waals surface area contributed by atoms with E-state index in [9.17, 15) is 22.8 Å².